The normalized spacial score (nSPS) is 18.5. The Bertz CT molecular complexity index is 1060. The van der Waals surface area contributed by atoms with E-state index in [2.05, 4.69) is 67.7 Å². The number of para-hydroxylation sites is 1. The number of aromatic hydroxyl groups is 1. The second kappa shape index (κ2) is 9.36. The van der Waals surface area contributed by atoms with E-state index in [0.717, 1.165) is 28.8 Å². The molecule has 4 heteroatoms. The van der Waals surface area contributed by atoms with Crippen LogP contribution in [0.5, 0.6) is 11.5 Å². The maximum atomic E-state index is 10.9. The van der Waals surface area contributed by atoms with E-state index < -0.39 is 0 Å². The first-order valence-electron chi connectivity index (χ1n) is 11.0. The number of hydrogen-bond donors (Lipinski definition) is 2. The Hall–Kier alpha value is -3.11. The lowest BCUT2D eigenvalue weighted by atomic mass is 9.92. The van der Waals surface area contributed by atoms with Gasteiger partial charge in [0.15, 0.2) is 11.5 Å². The van der Waals surface area contributed by atoms with Gasteiger partial charge >= 0.3 is 0 Å². The lowest BCUT2D eigenvalue weighted by Gasteiger charge is -2.31. The maximum absolute atomic E-state index is 10.9. The van der Waals surface area contributed by atoms with Gasteiger partial charge in [-0.15, -0.1) is 0 Å². The summed E-state index contributed by atoms with van der Waals surface area (Å²) in [4.78, 5) is 5.06. The Morgan fingerprint density at radius 2 is 1.74 bits per heavy atom. The van der Waals surface area contributed by atoms with Crippen LogP contribution < -0.4 is 10.1 Å². The zero-order valence-electron chi connectivity index (χ0n) is 18.4. The summed E-state index contributed by atoms with van der Waals surface area (Å²) >= 11 is 0. The molecular weight excluding hydrogens is 384 g/mol. The minimum absolute atomic E-state index is 0.0786. The molecule has 1 aliphatic rings. The van der Waals surface area contributed by atoms with E-state index in [4.69, 9.17) is 9.73 Å². The van der Waals surface area contributed by atoms with Gasteiger partial charge in [-0.05, 0) is 43.0 Å². The Morgan fingerprint density at radius 1 is 1.00 bits per heavy atom. The lowest BCUT2D eigenvalue weighted by Crippen LogP contribution is -2.33. The van der Waals surface area contributed by atoms with Crippen molar-refractivity contribution in [2.24, 2.45) is 4.99 Å². The Kier molecular flexibility index (Phi) is 6.38. The van der Waals surface area contributed by atoms with Gasteiger partial charge < -0.3 is 9.84 Å². The summed E-state index contributed by atoms with van der Waals surface area (Å²) in [7, 11) is 0. The van der Waals surface area contributed by atoms with Crippen molar-refractivity contribution in [1.82, 2.24) is 5.32 Å². The van der Waals surface area contributed by atoms with Crippen molar-refractivity contribution < 1.29 is 9.84 Å². The molecule has 0 unspecified atom stereocenters. The molecule has 0 amide bonds. The molecular formula is C27H30N2O2. The molecule has 0 aromatic heterocycles. The molecule has 2 N–H and O–H groups in total. The van der Waals surface area contributed by atoms with Crippen LogP contribution in [0.15, 0.2) is 71.7 Å². The van der Waals surface area contributed by atoms with Crippen molar-refractivity contribution in [3.63, 3.8) is 0 Å². The van der Waals surface area contributed by atoms with Crippen molar-refractivity contribution in [3.8, 4) is 11.5 Å². The molecule has 31 heavy (non-hydrogen) atoms. The highest BCUT2D eigenvalue weighted by atomic mass is 16.5. The molecule has 4 rings (SSSR count). The minimum Gasteiger partial charge on any atom is -0.504 e. The highest BCUT2D eigenvalue weighted by molar-refractivity contribution is 6.01. The predicted molar refractivity (Wildman–Crippen MR) is 126 cm³/mol. The fourth-order valence-corrected chi connectivity index (χ4v) is 4.03. The number of ether oxygens (including phenoxy) is 1. The number of phenolic OH excluding ortho intramolecular Hbond substituents is 1. The van der Waals surface area contributed by atoms with E-state index in [-0.39, 0.29) is 18.0 Å². The smallest absolute Gasteiger partial charge is 0.162 e. The molecule has 0 saturated carbocycles. The summed E-state index contributed by atoms with van der Waals surface area (Å²) in [6.07, 6.45) is 1.52. The molecule has 0 radical (unpaired) electrons. The first-order valence-corrected chi connectivity index (χ1v) is 11.0. The summed E-state index contributed by atoms with van der Waals surface area (Å²) in [5.41, 5.74) is 6.64. The molecule has 2 atom stereocenters. The fraction of sp³-hybridized carbons (Fsp3) is 0.296. The van der Waals surface area contributed by atoms with Gasteiger partial charge in [0.2, 0.25) is 0 Å². The second-order valence-corrected chi connectivity index (χ2v) is 7.99. The number of nitrogens with zero attached hydrogens (tertiary/aromatic N) is 1. The molecule has 0 aliphatic carbocycles. The number of aliphatic imine (C=N–C) groups is 1. The van der Waals surface area contributed by atoms with E-state index in [1.165, 1.54) is 11.1 Å². The molecule has 0 bridgehead atoms. The van der Waals surface area contributed by atoms with Crippen LogP contribution in [0.3, 0.4) is 0 Å². The number of nitrogens with one attached hydrogen (secondary N) is 1. The first-order chi connectivity index (χ1) is 15.1. The Morgan fingerprint density at radius 3 is 2.42 bits per heavy atom. The molecule has 0 fully saturated rings. The third-order valence-electron chi connectivity index (χ3n) is 5.84. The zero-order valence-corrected chi connectivity index (χ0v) is 18.4. The topological polar surface area (TPSA) is 53.8 Å². The average molecular weight is 415 g/mol. The van der Waals surface area contributed by atoms with Crippen LogP contribution in [0, 0.1) is 6.92 Å². The second-order valence-electron chi connectivity index (χ2n) is 7.99. The zero-order chi connectivity index (χ0) is 21.8. The Labute approximate surface area is 184 Å². The number of phenols is 1. The van der Waals surface area contributed by atoms with Crippen molar-refractivity contribution in [2.75, 3.05) is 6.61 Å². The summed E-state index contributed by atoms with van der Waals surface area (Å²) < 4.78 is 5.62. The summed E-state index contributed by atoms with van der Waals surface area (Å²) in [5, 5.41) is 14.5. The quantitative estimate of drug-likeness (QED) is 0.529. The van der Waals surface area contributed by atoms with Crippen LogP contribution in [-0.4, -0.2) is 17.4 Å². The van der Waals surface area contributed by atoms with E-state index in [0.29, 0.717) is 18.8 Å². The van der Waals surface area contributed by atoms with Crippen LogP contribution in [0.25, 0.3) is 0 Å². The molecule has 4 nitrogen and oxygen atoms in total. The highest BCUT2D eigenvalue weighted by Gasteiger charge is 2.28. The molecule has 1 heterocycles. The van der Waals surface area contributed by atoms with E-state index >= 15 is 0 Å². The van der Waals surface area contributed by atoms with Crippen molar-refractivity contribution in [2.45, 2.75) is 45.8 Å². The van der Waals surface area contributed by atoms with Gasteiger partial charge in [-0.2, -0.15) is 0 Å². The fourth-order valence-electron chi connectivity index (χ4n) is 4.03. The molecule has 0 spiro atoms. The average Bonchev–Trinajstić information content (AvgIpc) is 2.81. The van der Waals surface area contributed by atoms with Gasteiger partial charge in [0.1, 0.15) is 6.17 Å². The molecule has 3 aromatic rings. The van der Waals surface area contributed by atoms with E-state index in [1.807, 2.05) is 19.1 Å². The molecule has 3 aromatic carbocycles. The number of hydrogen-bond acceptors (Lipinski definition) is 4. The molecule has 1 aliphatic heterocycles. The van der Waals surface area contributed by atoms with Crippen molar-refractivity contribution in [1.29, 1.82) is 0 Å². The van der Waals surface area contributed by atoms with Crippen LogP contribution >= 0.6 is 0 Å². The standard InChI is InChI=1S/C27H30N2O2/c1-4-19-11-15-20(16-12-19)23-17-24(22-7-6-8-25(26(22)30)31-5-2)29-27(28-23)21-13-9-18(3)10-14-21/h6-16,24,27,29-30H,4-5,17H2,1-3H3/t24-,27-/m0/s1. The lowest BCUT2D eigenvalue weighted by molar-refractivity contribution is 0.313. The van der Waals surface area contributed by atoms with Crippen LogP contribution in [0.2, 0.25) is 0 Å². The van der Waals surface area contributed by atoms with Gasteiger partial charge in [0, 0.05) is 23.7 Å². The van der Waals surface area contributed by atoms with Crippen molar-refractivity contribution >= 4 is 5.71 Å². The van der Waals surface area contributed by atoms with E-state index in [9.17, 15) is 5.11 Å². The van der Waals surface area contributed by atoms with Gasteiger partial charge in [-0.25, -0.2) is 0 Å². The van der Waals surface area contributed by atoms with E-state index in [1.54, 1.807) is 6.07 Å². The first kappa shape index (κ1) is 21.1. The summed E-state index contributed by atoms with van der Waals surface area (Å²) in [5.74, 6) is 0.720. The number of benzene rings is 3. The van der Waals surface area contributed by atoms with Gasteiger partial charge in [-0.3, -0.25) is 10.3 Å². The number of aryl methyl sites for hydroxylation is 2. The highest BCUT2D eigenvalue weighted by Crippen LogP contribution is 2.38. The van der Waals surface area contributed by atoms with Crippen LogP contribution in [0.4, 0.5) is 0 Å². The maximum Gasteiger partial charge on any atom is 0.162 e. The monoisotopic (exact) mass is 414 g/mol. The van der Waals surface area contributed by atoms with Gasteiger partial charge in [-0.1, -0.05) is 73.2 Å². The molecule has 0 saturated heterocycles. The van der Waals surface area contributed by atoms with Crippen molar-refractivity contribution in [3.05, 3.63) is 94.5 Å². The third-order valence-corrected chi connectivity index (χ3v) is 5.84. The number of rotatable bonds is 6. The van der Waals surface area contributed by atoms with Gasteiger partial charge in [0.05, 0.1) is 6.61 Å². The SMILES string of the molecule is CCOc1cccc([C@@H]2CC(c3ccc(CC)cc3)=N[C@H](c3ccc(C)cc3)N2)c1O. The Balaban J connectivity index is 1.73. The van der Waals surface area contributed by atoms with Crippen LogP contribution in [0.1, 0.15) is 60.3 Å². The minimum atomic E-state index is -0.185. The molecule has 160 valence electrons. The summed E-state index contributed by atoms with van der Waals surface area (Å²) in [6, 6.07) is 22.7. The van der Waals surface area contributed by atoms with Crippen LogP contribution in [-0.2, 0) is 6.42 Å². The largest absolute Gasteiger partial charge is 0.504 e. The summed E-state index contributed by atoms with van der Waals surface area (Å²) in [6.45, 7) is 6.68. The third kappa shape index (κ3) is 4.64. The predicted octanol–water partition coefficient (Wildman–Crippen LogP) is 5.88. The van der Waals surface area contributed by atoms with Gasteiger partial charge in [0.25, 0.3) is 0 Å².